The van der Waals surface area contributed by atoms with Gasteiger partial charge in [0.25, 0.3) is 0 Å². The first kappa shape index (κ1) is 13.3. The summed E-state index contributed by atoms with van der Waals surface area (Å²) in [5, 5.41) is 5.72. The van der Waals surface area contributed by atoms with Gasteiger partial charge in [0.1, 0.15) is 0 Å². The van der Waals surface area contributed by atoms with Crippen LogP contribution in [-0.4, -0.2) is 16.7 Å². The van der Waals surface area contributed by atoms with Crippen LogP contribution in [0.25, 0.3) is 0 Å². The molecule has 0 aromatic heterocycles. The van der Waals surface area contributed by atoms with Crippen LogP contribution in [0.15, 0.2) is 0 Å². The Morgan fingerprint density at radius 1 is 1.00 bits per heavy atom. The quantitative estimate of drug-likeness (QED) is 0.794. The summed E-state index contributed by atoms with van der Waals surface area (Å²) in [6.07, 6.45) is 11.8. The lowest BCUT2D eigenvalue weighted by molar-refractivity contribution is 0.200. The summed E-state index contributed by atoms with van der Waals surface area (Å²) < 4.78 is 0. The zero-order valence-corrected chi connectivity index (χ0v) is 12.8. The van der Waals surface area contributed by atoms with Crippen LogP contribution in [0, 0.1) is 17.8 Å². The largest absolute Gasteiger partial charge is 0.301 e. The molecule has 104 valence electrons. The molecule has 18 heavy (non-hydrogen) atoms. The number of thioether (sulfide) groups is 1. The molecule has 1 saturated heterocycles. The second-order valence-corrected chi connectivity index (χ2v) is 8.47. The molecule has 0 amide bonds. The lowest BCUT2D eigenvalue weighted by atomic mass is 9.76. The Kier molecular flexibility index (Phi) is 4.25. The van der Waals surface area contributed by atoms with Crippen molar-refractivity contribution < 1.29 is 0 Å². The van der Waals surface area contributed by atoms with Crippen molar-refractivity contribution in [3.05, 3.63) is 0 Å². The fourth-order valence-electron chi connectivity index (χ4n) is 4.28. The maximum Gasteiger partial charge on any atom is 0.0566 e. The minimum atomic E-state index is 0.791. The minimum absolute atomic E-state index is 0.791. The molecule has 2 aliphatic carbocycles. The second-order valence-electron chi connectivity index (χ2n) is 7.08. The van der Waals surface area contributed by atoms with Crippen molar-refractivity contribution in [1.82, 2.24) is 5.32 Å². The SMILES string of the molecule is CC(C)C1CCCC(C2NC3CCCCC3S2)C1. The van der Waals surface area contributed by atoms with Crippen molar-refractivity contribution in [2.75, 3.05) is 0 Å². The van der Waals surface area contributed by atoms with Crippen LogP contribution < -0.4 is 5.32 Å². The molecule has 3 aliphatic rings. The summed E-state index contributed by atoms with van der Waals surface area (Å²) in [5.41, 5.74) is 0. The molecule has 3 fully saturated rings. The summed E-state index contributed by atoms with van der Waals surface area (Å²) in [6.45, 7) is 4.84. The number of hydrogen-bond donors (Lipinski definition) is 1. The molecule has 2 heteroatoms. The van der Waals surface area contributed by atoms with E-state index in [4.69, 9.17) is 0 Å². The van der Waals surface area contributed by atoms with Gasteiger partial charge in [-0.1, -0.05) is 39.5 Å². The van der Waals surface area contributed by atoms with Crippen LogP contribution in [0.2, 0.25) is 0 Å². The van der Waals surface area contributed by atoms with E-state index in [1.165, 1.54) is 51.4 Å². The van der Waals surface area contributed by atoms with Gasteiger partial charge in [-0.3, -0.25) is 0 Å². The van der Waals surface area contributed by atoms with Gasteiger partial charge >= 0.3 is 0 Å². The standard InChI is InChI=1S/C16H29NS/c1-11(2)12-6-5-7-13(10-12)16-17-14-8-3-4-9-15(14)18-16/h11-17H,3-10H2,1-2H3. The summed E-state index contributed by atoms with van der Waals surface area (Å²) in [5.74, 6) is 2.84. The van der Waals surface area contributed by atoms with Crippen molar-refractivity contribution in [2.45, 2.75) is 81.9 Å². The van der Waals surface area contributed by atoms with Crippen LogP contribution in [0.4, 0.5) is 0 Å². The van der Waals surface area contributed by atoms with Crippen molar-refractivity contribution in [3.8, 4) is 0 Å². The molecule has 0 radical (unpaired) electrons. The van der Waals surface area contributed by atoms with E-state index >= 15 is 0 Å². The Morgan fingerprint density at radius 3 is 2.61 bits per heavy atom. The van der Waals surface area contributed by atoms with Gasteiger partial charge in [0.05, 0.1) is 5.37 Å². The van der Waals surface area contributed by atoms with Gasteiger partial charge in [-0.25, -0.2) is 0 Å². The smallest absolute Gasteiger partial charge is 0.0566 e. The van der Waals surface area contributed by atoms with E-state index in [1.54, 1.807) is 0 Å². The highest BCUT2D eigenvalue weighted by atomic mass is 32.2. The normalized spacial score (nSPS) is 45.2. The Balaban J connectivity index is 1.58. The maximum absolute atomic E-state index is 3.99. The first-order valence-corrected chi connectivity index (χ1v) is 9.10. The van der Waals surface area contributed by atoms with E-state index in [2.05, 4.69) is 30.9 Å². The molecule has 0 aromatic carbocycles. The summed E-state index contributed by atoms with van der Waals surface area (Å²) in [4.78, 5) is 0. The van der Waals surface area contributed by atoms with Crippen LogP contribution in [0.3, 0.4) is 0 Å². The fourth-order valence-corrected chi connectivity index (χ4v) is 6.09. The van der Waals surface area contributed by atoms with E-state index in [0.717, 1.165) is 34.4 Å². The third-order valence-electron chi connectivity index (χ3n) is 5.53. The molecule has 1 aliphatic heterocycles. The average Bonchev–Trinajstić information content (AvgIpc) is 2.82. The van der Waals surface area contributed by atoms with Gasteiger partial charge < -0.3 is 5.32 Å². The summed E-state index contributed by atoms with van der Waals surface area (Å²) in [7, 11) is 0. The van der Waals surface area contributed by atoms with E-state index < -0.39 is 0 Å². The monoisotopic (exact) mass is 267 g/mol. The predicted octanol–water partition coefficient (Wildman–Crippen LogP) is 4.42. The van der Waals surface area contributed by atoms with Gasteiger partial charge in [-0.2, -0.15) is 0 Å². The van der Waals surface area contributed by atoms with Crippen molar-refractivity contribution in [1.29, 1.82) is 0 Å². The van der Waals surface area contributed by atoms with E-state index in [-0.39, 0.29) is 0 Å². The van der Waals surface area contributed by atoms with Gasteiger partial charge in [-0.05, 0) is 43.4 Å². The molecule has 1 nitrogen and oxygen atoms in total. The maximum atomic E-state index is 3.99. The molecular formula is C16H29NS. The molecule has 5 atom stereocenters. The molecule has 3 rings (SSSR count). The van der Waals surface area contributed by atoms with E-state index in [9.17, 15) is 0 Å². The van der Waals surface area contributed by atoms with Crippen LogP contribution >= 0.6 is 11.8 Å². The van der Waals surface area contributed by atoms with Gasteiger partial charge in [0.2, 0.25) is 0 Å². The number of fused-ring (bicyclic) bond motifs is 1. The third-order valence-corrected chi connectivity index (χ3v) is 7.26. The number of nitrogens with one attached hydrogen (secondary N) is 1. The second kappa shape index (κ2) is 5.75. The molecule has 0 spiro atoms. The highest BCUT2D eigenvalue weighted by molar-refractivity contribution is 8.00. The first-order chi connectivity index (χ1) is 8.74. The zero-order valence-electron chi connectivity index (χ0n) is 12.0. The zero-order chi connectivity index (χ0) is 12.5. The average molecular weight is 267 g/mol. The molecule has 0 aromatic rings. The molecule has 1 N–H and O–H groups in total. The molecule has 5 unspecified atom stereocenters. The summed E-state index contributed by atoms with van der Waals surface area (Å²) >= 11 is 2.30. The van der Waals surface area contributed by atoms with Crippen molar-refractivity contribution >= 4 is 11.8 Å². The minimum Gasteiger partial charge on any atom is -0.301 e. The van der Waals surface area contributed by atoms with Crippen LogP contribution in [0.1, 0.15) is 65.2 Å². The molecule has 2 saturated carbocycles. The van der Waals surface area contributed by atoms with Crippen LogP contribution in [-0.2, 0) is 0 Å². The van der Waals surface area contributed by atoms with Gasteiger partial charge in [0, 0.05) is 11.3 Å². The molecule has 1 heterocycles. The summed E-state index contributed by atoms with van der Waals surface area (Å²) in [6, 6.07) is 0.855. The number of rotatable bonds is 2. The Labute approximate surface area is 117 Å². The topological polar surface area (TPSA) is 12.0 Å². The molecular weight excluding hydrogens is 238 g/mol. The Bertz CT molecular complexity index is 264. The highest BCUT2D eigenvalue weighted by Gasteiger charge is 2.40. The van der Waals surface area contributed by atoms with Crippen LogP contribution in [0.5, 0.6) is 0 Å². The predicted molar refractivity (Wildman–Crippen MR) is 80.8 cm³/mol. The third kappa shape index (κ3) is 2.75. The number of hydrogen-bond acceptors (Lipinski definition) is 2. The fraction of sp³-hybridized carbons (Fsp3) is 1.00. The lowest BCUT2D eigenvalue weighted by Crippen LogP contribution is -2.39. The molecule has 0 bridgehead atoms. The highest BCUT2D eigenvalue weighted by Crippen LogP contribution is 2.44. The van der Waals surface area contributed by atoms with Gasteiger partial charge in [-0.15, -0.1) is 11.8 Å². The Hall–Kier alpha value is 0.310. The lowest BCUT2D eigenvalue weighted by Gasteiger charge is -2.34. The van der Waals surface area contributed by atoms with E-state index in [0.29, 0.717) is 0 Å². The Morgan fingerprint density at radius 2 is 1.83 bits per heavy atom. The van der Waals surface area contributed by atoms with Crippen molar-refractivity contribution in [2.24, 2.45) is 17.8 Å². The van der Waals surface area contributed by atoms with Gasteiger partial charge in [0.15, 0.2) is 0 Å². The van der Waals surface area contributed by atoms with E-state index in [1.807, 2.05) is 0 Å². The van der Waals surface area contributed by atoms with Crippen molar-refractivity contribution in [3.63, 3.8) is 0 Å². The first-order valence-electron chi connectivity index (χ1n) is 8.15.